The fourth-order valence-corrected chi connectivity index (χ4v) is 2.71. The predicted octanol–water partition coefficient (Wildman–Crippen LogP) is 5.47. The van der Waals surface area contributed by atoms with Crippen molar-refractivity contribution in [1.82, 2.24) is 0 Å². The lowest BCUT2D eigenvalue weighted by Gasteiger charge is -2.18. The lowest BCUT2D eigenvalue weighted by Crippen LogP contribution is -2.07. The molecule has 1 N–H and O–H groups in total. The Morgan fingerprint density at radius 2 is 1.67 bits per heavy atom. The van der Waals surface area contributed by atoms with E-state index in [-0.39, 0.29) is 12.5 Å². The Kier molecular flexibility index (Phi) is 7.50. The molecule has 0 aliphatic heterocycles. The summed E-state index contributed by atoms with van der Waals surface area (Å²) in [7, 11) is 0. The van der Waals surface area contributed by atoms with E-state index < -0.39 is 5.97 Å². The summed E-state index contributed by atoms with van der Waals surface area (Å²) >= 11 is 0. The van der Waals surface area contributed by atoms with Crippen LogP contribution in [0.15, 0.2) is 54.6 Å². The Morgan fingerprint density at radius 1 is 1.00 bits per heavy atom. The molecule has 0 saturated carbocycles. The minimum atomic E-state index is -0.768. The molecule has 0 aliphatic rings. The van der Waals surface area contributed by atoms with Crippen LogP contribution in [0, 0.1) is 0 Å². The Balaban J connectivity index is 2.01. The van der Waals surface area contributed by atoms with Gasteiger partial charge in [0.2, 0.25) is 0 Å². The van der Waals surface area contributed by atoms with Gasteiger partial charge in [-0.05, 0) is 29.5 Å². The molecule has 1 atom stereocenters. The first kappa shape index (κ1) is 18.2. The number of ether oxygens (including phenoxy) is 1. The highest BCUT2D eigenvalue weighted by atomic mass is 16.5. The van der Waals surface area contributed by atoms with Crippen molar-refractivity contribution in [2.75, 3.05) is 6.61 Å². The minimum Gasteiger partial charge on any atom is -0.481 e. The quantitative estimate of drug-likeness (QED) is 0.589. The standard InChI is InChI=1S/C21H26O3/c1-2-3-10-20(24-16-7-11-21(22)23)19-14-12-18(13-15-19)17-8-5-4-6-9-17/h4-6,8-9,12-15,20H,2-3,7,10-11,16H2,1H3,(H,22,23). The molecule has 0 amide bonds. The van der Waals surface area contributed by atoms with E-state index in [0.29, 0.717) is 13.0 Å². The third-order valence-corrected chi connectivity index (χ3v) is 4.06. The molecule has 3 nitrogen and oxygen atoms in total. The Morgan fingerprint density at radius 3 is 2.29 bits per heavy atom. The maximum absolute atomic E-state index is 10.6. The normalized spacial score (nSPS) is 12.0. The molecular weight excluding hydrogens is 300 g/mol. The van der Waals surface area contributed by atoms with Gasteiger partial charge in [0.25, 0.3) is 0 Å². The van der Waals surface area contributed by atoms with Crippen molar-refractivity contribution in [2.45, 2.75) is 45.1 Å². The van der Waals surface area contributed by atoms with Gasteiger partial charge in [-0.25, -0.2) is 0 Å². The van der Waals surface area contributed by atoms with Gasteiger partial charge in [0, 0.05) is 13.0 Å². The van der Waals surface area contributed by atoms with Crippen LogP contribution in [0.3, 0.4) is 0 Å². The maximum Gasteiger partial charge on any atom is 0.303 e. The fraction of sp³-hybridized carbons (Fsp3) is 0.381. The van der Waals surface area contributed by atoms with E-state index in [1.165, 1.54) is 16.7 Å². The van der Waals surface area contributed by atoms with Crippen molar-refractivity contribution in [2.24, 2.45) is 0 Å². The van der Waals surface area contributed by atoms with Crippen LogP contribution in [-0.4, -0.2) is 17.7 Å². The summed E-state index contributed by atoms with van der Waals surface area (Å²) in [5.41, 5.74) is 3.56. The summed E-state index contributed by atoms with van der Waals surface area (Å²) in [5, 5.41) is 8.72. The highest BCUT2D eigenvalue weighted by Crippen LogP contribution is 2.27. The van der Waals surface area contributed by atoms with E-state index in [2.05, 4.69) is 43.3 Å². The van der Waals surface area contributed by atoms with Crippen molar-refractivity contribution in [3.05, 3.63) is 60.2 Å². The smallest absolute Gasteiger partial charge is 0.303 e. The van der Waals surface area contributed by atoms with Gasteiger partial charge in [-0.3, -0.25) is 4.79 Å². The summed E-state index contributed by atoms with van der Waals surface area (Å²) < 4.78 is 5.96. The molecule has 0 radical (unpaired) electrons. The molecule has 0 aromatic heterocycles. The van der Waals surface area contributed by atoms with Gasteiger partial charge < -0.3 is 9.84 Å². The van der Waals surface area contributed by atoms with Crippen molar-refractivity contribution >= 4 is 5.97 Å². The zero-order chi connectivity index (χ0) is 17.2. The third kappa shape index (κ3) is 5.82. The van der Waals surface area contributed by atoms with Crippen LogP contribution in [0.4, 0.5) is 0 Å². The van der Waals surface area contributed by atoms with Crippen LogP contribution < -0.4 is 0 Å². The van der Waals surface area contributed by atoms with E-state index in [1.807, 2.05) is 18.2 Å². The van der Waals surface area contributed by atoms with Crippen molar-refractivity contribution in [3.8, 4) is 11.1 Å². The van der Waals surface area contributed by atoms with E-state index >= 15 is 0 Å². The molecule has 2 aromatic rings. The van der Waals surface area contributed by atoms with Crippen LogP contribution in [0.25, 0.3) is 11.1 Å². The van der Waals surface area contributed by atoms with Gasteiger partial charge in [-0.2, -0.15) is 0 Å². The first-order chi connectivity index (χ1) is 11.7. The molecule has 0 aliphatic carbocycles. The molecule has 3 heteroatoms. The van der Waals surface area contributed by atoms with Crippen LogP contribution in [0.2, 0.25) is 0 Å². The van der Waals surface area contributed by atoms with Crippen molar-refractivity contribution < 1.29 is 14.6 Å². The first-order valence-electron chi connectivity index (χ1n) is 8.69. The number of carbonyl (C=O) groups is 1. The first-order valence-corrected chi connectivity index (χ1v) is 8.69. The van der Waals surface area contributed by atoms with Crippen LogP contribution >= 0.6 is 0 Å². The number of carboxylic acid groups (broad SMARTS) is 1. The molecule has 0 fully saturated rings. The van der Waals surface area contributed by atoms with Gasteiger partial charge >= 0.3 is 5.97 Å². The summed E-state index contributed by atoms with van der Waals surface area (Å²) in [5.74, 6) is -0.768. The van der Waals surface area contributed by atoms with E-state index in [0.717, 1.165) is 19.3 Å². The molecule has 0 heterocycles. The van der Waals surface area contributed by atoms with Gasteiger partial charge in [0.15, 0.2) is 0 Å². The SMILES string of the molecule is CCCCC(OCCCC(=O)O)c1ccc(-c2ccccc2)cc1. The second-order valence-corrected chi connectivity index (χ2v) is 5.99. The molecule has 2 aromatic carbocycles. The summed E-state index contributed by atoms with van der Waals surface area (Å²) in [4.78, 5) is 10.6. The van der Waals surface area contributed by atoms with Gasteiger partial charge in [0.1, 0.15) is 0 Å². The molecule has 24 heavy (non-hydrogen) atoms. The molecule has 0 bridgehead atoms. The Bertz CT molecular complexity index is 605. The average Bonchev–Trinajstić information content (AvgIpc) is 2.62. The highest BCUT2D eigenvalue weighted by Gasteiger charge is 2.12. The Labute approximate surface area is 144 Å². The van der Waals surface area contributed by atoms with Gasteiger partial charge in [0.05, 0.1) is 6.10 Å². The molecule has 0 saturated heterocycles. The molecule has 2 rings (SSSR count). The third-order valence-electron chi connectivity index (χ3n) is 4.06. The topological polar surface area (TPSA) is 46.5 Å². The van der Waals surface area contributed by atoms with Crippen LogP contribution in [-0.2, 0) is 9.53 Å². The van der Waals surface area contributed by atoms with E-state index in [9.17, 15) is 4.79 Å². The summed E-state index contributed by atoms with van der Waals surface area (Å²) in [6.45, 7) is 2.65. The lowest BCUT2D eigenvalue weighted by atomic mass is 9.99. The number of aliphatic carboxylic acids is 1. The monoisotopic (exact) mass is 326 g/mol. The molecule has 128 valence electrons. The average molecular weight is 326 g/mol. The second kappa shape index (κ2) is 9.89. The number of hydrogen-bond donors (Lipinski definition) is 1. The largest absolute Gasteiger partial charge is 0.481 e. The number of carboxylic acids is 1. The van der Waals surface area contributed by atoms with Gasteiger partial charge in [-0.15, -0.1) is 0 Å². The molecular formula is C21H26O3. The zero-order valence-electron chi connectivity index (χ0n) is 14.3. The van der Waals surface area contributed by atoms with Crippen molar-refractivity contribution in [3.63, 3.8) is 0 Å². The lowest BCUT2D eigenvalue weighted by molar-refractivity contribution is -0.137. The number of rotatable bonds is 10. The Hall–Kier alpha value is -2.13. The fourth-order valence-electron chi connectivity index (χ4n) is 2.71. The van der Waals surface area contributed by atoms with Crippen molar-refractivity contribution in [1.29, 1.82) is 0 Å². The second-order valence-electron chi connectivity index (χ2n) is 5.99. The van der Waals surface area contributed by atoms with Crippen LogP contribution in [0.5, 0.6) is 0 Å². The predicted molar refractivity (Wildman–Crippen MR) is 97.0 cm³/mol. The minimum absolute atomic E-state index is 0.0450. The maximum atomic E-state index is 10.6. The number of benzene rings is 2. The van der Waals surface area contributed by atoms with E-state index in [4.69, 9.17) is 9.84 Å². The van der Waals surface area contributed by atoms with Gasteiger partial charge in [-0.1, -0.05) is 74.4 Å². The molecule has 1 unspecified atom stereocenters. The summed E-state index contributed by atoms with van der Waals surface area (Å²) in [6, 6.07) is 18.8. The van der Waals surface area contributed by atoms with Crippen LogP contribution in [0.1, 0.15) is 50.7 Å². The summed E-state index contributed by atoms with van der Waals surface area (Å²) in [6.07, 6.45) is 3.95. The van der Waals surface area contributed by atoms with E-state index in [1.54, 1.807) is 0 Å². The zero-order valence-corrected chi connectivity index (χ0v) is 14.3. The molecule has 0 spiro atoms. The number of unbranched alkanes of at least 4 members (excludes halogenated alkanes) is 1. The number of hydrogen-bond acceptors (Lipinski definition) is 2. The highest BCUT2D eigenvalue weighted by molar-refractivity contribution is 5.66.